The van der Waals surface area contributed by atoms with Crippen molar-refractivity contribution in [2.75, 3.05) is 18.6 Å². The number of aliphatic hydroxyl groups excluding tert-OH is 4. The van der Waals surface area contributed by atoms with E-state index in [2.05, 4.69) is 6.07 Å². The quantitative estimate of drug-likeness (QED) is 0.563. The van der Waals surface area contributed by atoms with Crippen LogP contribution >= 0.6 is 11.6 Å². The summed E-state index contributed by atoms with van der Waals surface area (Å²) in [4.78, 5) is 13.6. The molecule has 4 N–H and O–H groups in total. The van der Waals surface area contributed by atoms with Crippen LogP contribution in [0.15, 0.2) is 36.4 Å². The van der Waals surface area contributed by atoms with Crippen molar-refractivity contribution >= 4 is 23.2 Å². The summed E-state index contributed by atoms with van der Waals surface area (Å²) in [5.41, 5.74) is 4.48. The average Bonchev–Trinajstić information content (AvgIpc) is 2.77. The first-order chi connectivity index (χ1) is 14.8. The van der Waals surface area contributed by atoms with E-state index in [0.717, 1.165) is 22.4 Å². The van der Waals surface area contributed by atoms with E-state index in [1.54, 1.807) is 24.1 Å². The number of nitrogens with zero attached hydrogens (tertiary/aromatic N) is 1. The number of ether oxygens (including phenoxy) is 1. The molecule has 0 bridgehead atoms. The van der Waals surface area contributed by atoms with Crippen molar-refractivity contribution in [1.82, 2.24) is 0 Å². The van der Waals surface area contributed by atoms with E-state index < -0.39 is 37.1 Å². The molecule has 0 radical (unpaired) electrons. The van der Waals surface area contributed by atoms with Gasteiger partial charge in [-0.15, -0.1) is 0 Å². The maximum atomic E-state index is 11.9. The zero-order valence-corrected chi connectivity index (χ0v) is 17.9. The number of carbonyl (C=O) groups excluding carboxylic acids is 1. The lowest BCUT2D eigenvalue weighted by molar-refractivity contribution is -0.231. The standard InChI is InChI=1S/C23H26ClNO6/c1-25-17-6-2-12(8-13(17)4-7-19(25)27)9-15-10-14(3-5-16(15)24)23-22(30)21(29)20(28)18(11-26)31-23/h2-3,5-6,8,10,18,20-23,26,28-30H,4,7,9,11H2,1H3/t18-,20-,21+,22-,23+/m1/s1. The molecule has 2 aromatic rings. The molecule has 0 aromatic heterocycles. The molecule has 7 nitrogen and oxygen atoms in total. The van der Waals surface area contributed by atoms with Gasteiger partial charge in [-0.2, -0.15) is 0 Å². The first-order valence-electron chi connectivity index (χ1n) is 10.3. The van der Waals surface area contributed by atoms with Crippen LogP contribution in [0, 0.1) is 0 Å². The summed E-state index contributed by atoms with van der Waals surface area (Å²) in [5.74, 6) is 0.107. The van der Waals surface area contributed by atoms with E-state index in [-0.39, 0.29) is 5.91 Å². The Labute approximate surface area is 185 Å². The van der Waals surface area contributed by atoms with Gasteiger partial charge in [-0.1, -0.05) is 35.9 Å². The Hall–Kier alpha value is -2.00. The maximum absolute atomic E-state index is 11.9. The van der Waals surface area contributed by atoms with Crippen LogP contribution in [0.1, 0.15) is 34.8 Å². The molecule has 8 heteroatoms. The number of halogens is 1. The lowest BCUT2D eigenvalue weighted by Gasteiger charge is -2.40. The van der Waals surface area contributed by atoms with Gasteiger partial charge in [0, 0.05) is 24.2 Å². The molecule has 5 atom stereocenters. The molecule has 1 amide bonds. The number of rotatable bonds is 4. The van der Waals surface area contributed by atoms with Crippen molar-refractivity contribution in [2.45, 2.75) is 49.8 Å². The average molecular weight is 448 g/mol. The molecule has 2 aromatic carbocycles. The van der Waals surface area contributed by atoms with Gasteiger partial charge >= 0.3 is 0 Å². The van der Waals surface area contributed by atoms with E-state index in [4.69, 9.17) is 16.3 Å². The number of fused-ring (bicyclic) bond motifs is 1. The fourth-order valence-electron chi connectivity index (χ4n) is 4.32. The Morgan fingerprint density at radius 2 is 1.84 bits per heavy atom. The lowest BCUT2D eigenvalue weighted by atomic mass is 9.90. The van der Waals surface area contributed by atoms with E-state index >= 15 is 0 Å². The third-order valence-corrected chi connectivity index (χ3v) is 6.54. The largest absolute Gasteiger partial charge is 0.394 e. The molecule has 2 aliphatic heterocycles. The maximum Gasteiger partial charge on any atom is 0.227 e. The van der Waals surface area contributed by atoms with Crippen LogP contribution in [0.3, 0.4) is 0 Å². The van der Waals surface area contributed by atoms with Crippen LogP contribution in [0.2, 0.25) is 5.02 Å². The van der Waals surface area contributed by atoms with E-state index in [1.807, 2.05) is 18.2 Å². The monoisotopic (exact) mass is 447 g/mol. The Morgan fingerprint density at radius 3 is 2.58 bits per heavy atom. The summed E-state index contributed by atoms with van der Waals surface area (Å²) < 4.78 is 5.67. The zero-order valence-electron chi connectivity index (χ0n) is 17.1. The normalized spacial score (nSPS) is 28.5. The number of aliphatic hydroxyl groups is 4. The summed E-state index contributed by atoms with van der Waals surface area (Å²) in [6, 6.07) is 11.2. The van der Waals surface area contributed by atoms with Crippen LogP contribution < -0.4 is 4.90 Å². The van der Waals surface area contributed by atoms with Gasteiger partial charge in [-0.25, -0.2) is 0 Å². The van der Waals surface area contributed by atoms with Crippen LogP contribution in [0.25, 0.3) is 0 Å². The molecule has 31 heavy (non-hydrogen) atoms. The lowest BCUT2D eigenvalue weighted by Crippen LogP contribution is -2.55. The Kier molecular flexibility index (Phi) is 6.35. The third kappa shape index (κ3) is 4.22. The molecule has 0 saturated carbocycles. The molecule has 0 unspecified atom stereocenters. The molecule has 166 valence electrons. The highest BCUT2D eigenvalue weighted by atomic mass is 35.5. The summed E-state index contributed by atoms with van der Waals surface area (Å²) in [5, 5.41) is 40.5. The molecular weight excluding hydrogens is 422 g/mol. The molecular formula is C23H26ClNO6. The first kappa shape index (κ1) is 22.2. The Bertz CT molecular complexity index is 981. The fourth-order valence-corrected chi connectivity index (χ4v) is 4.51. The number of hydrogen-bond acceptors (Lipinski definition) is 6. The predicted molar refractivity (Wildman–Crippen MR) is 115 cm³/mol. The number of aryl methyl sites for hydroxylation is 1. The molecule has 0 spiro atoms. The second-order valence-corrected chi connectivity index (χ2v) is 8.60. The number of hydrogen-bond donors (Lipinski definition) is 4. The van der Waals surface area contributed by atoms with Crippen molar-refractivity contribution in [3.63, 3.8) is 0 Å². The van der Waals surface area contributed by atoms with Gasteiger partial charge in [0.1, 0.15) is 30.5 Å². The molecule has 0 aliphatic carbocycles. The van der Waals surface area contributed by atoms with Gasteiger partial charge < -0.3 is 30.1 Å². The van der Waals surface area contributed by atoms with Gasteiger partial charge in [0.05, 0.1) is 6.61 Å². The molecule has 1 fully saturated rings. The Morgan fingerprint density at radius 1 is 1.06 bits per heavy atom. The first-order valence-corrected chi connectivity index (χ1v) is 10.6. The van der Waals surface area contributed by atoms with Gasteiger partial charge in [-0.05, 0) is 47.2 Å². The van der Waals surface area contributed by atoms with Crippen molar-refractivity contribution in [1.29, 1.82) is 0 Å². The van der Waals surface area contributed by atoms with Gasteiger partial charge in [0.2, 0.25) is 5.91 Å². The van der Waals surface area contributed by atoms with Crippen molar-refractivity contribution in [3.05, 3.63) is 63.7 Å². The number of benzene rings is 2. The van der Waals surface area contributed by atoms with Crippen molar-refractivity contribution < 1.29 is 30.0 Å². The minimum Gasteiger partial charge on any atom is -0.394 e. The summed E-state index contributed by atoms with van der Waals surface area (Å²) in [7, 11) is 1.78. The van der Waals surface area contributed by atoms with Crippen molar-refractivity contribution in [2.24, 2.45) is 0 Å². The zero-order chi connectivity index (χ0) is 22.3. The number of carbonyl (C=O) groups is 1. The molecule has 2 aliphatic rings. The number of amides is 1. The SMILES string of the molecule is CN1C(=O)CCc2cc(Cc3cc([C@@H]4O[C@H](CO)[C@@H](O)[C@H](O)[C@H]4O)ccc3Cl)ccc21. The van der Waals surface area contributed by atoms with Gasteiger partial charge in [0.15, 0.2) is 0 Å². The summed E-state index contributed by atoms with van der Waals surface area (Å²) in [6.07, 6.45) is -4.33. The van der Waals surface area contributed by atoms with Crippen LogP contribution in [0.4, 0.5) is 5.69 Å². The van der Waals surface area contributed by atoms with Crippen molar-refractivity contribution in [3.8, 4) is 0 Å². The smallest absolute Gasteiger partial charge is 0.227 e. The highest BCUT2D eigenvalue weighted by Gasteiger charge is 2.44. The van der Waals surface area contributed by atoms with Crippen LogP contribution in [-0.2, 0) is 22.4 Å². The van der Waals surface area contributed by atoms with Crippen LogP contribution in [-0.4, -0.2) is 64.4 Å². The van der Waals surface area contributed by atoms with Gasteiger partial charge in [-0.3, -0.25) is 4.79 Å². The minimum absolute atomic E-state index is 0.107. The minimum atomic E-state index is -1.43. The topological polar surface area (TPSA) is 110 Å². The molecule has 4 rings (SSSR count). The summed E-state index contributed by atoms with van der Waals surface area (Å²) in [6.45, 7) is -0.478. The summed E-state index contributed by atoms with van der Waals surface area (Å²) >= 11 is 6.43. The highest BCUT2D eigenvalue weighted by Crippen LogP contribution is 2.35. The predicted octanol–water partition coefficient (Wildman–Crippen LogP) is 1.35. The second kappa shape index (κ2) is 8.86. The Balaban J connectivity index is 1.60. The third-order valence-electron chi connectivity index (χ3n) is 6.17. The van der Waals surface area contributed by atoms with E-state index in [1.165, 1.54) is 0 Å². The fraction of sp³-hybridized carbons (Fsp3) is 0.435. The van der Waals surface area contributed by atoms with E-state index in [0.29, 0.717) is 29.8 Å². The second-order valence-electron chi connectivity index (χ2n) is 8.19. The molecule has 1 saturated heterocycles. The molecule has 2 heterocycles. The van der Waals surface area contributed by atoms with E-state index in [9.17, 15) is 25.2 Å². The van der Waals surface area contributed by atoms with Gasteiger partial charge in [0.25, 0.3) is 0 Å². The number of anilines is 1. The van der Waals surface area contributed by atoms with Crippen LogP contribution in [0.5, 0.6) is 0 Å². The highest BCUT2D eigenvalue weighted by molar-refractivity contribution is 6.31.